The largest absolute Gasteiger partial charge is 0.342 e. The van der Waals surface area contributed by atoms with Crippen LogP contribution in [0.3, 0.4) is 0 Å². The Kier molecular flexibility index (Phi) is 6.50. The molecule has 5 heteroatoms. The molecule has 0 aliphatic carbocycles. The number of carbonyl (C=O) groups excluding carboxylic acids is 2. The number of likely N-dealkylation sites (tertiary alicyclic amines) is 1. The highest BCUT2D eigenvalue weighted by molar-refractivity contribution is 6.30. The third-order valence-corrected chi connectivity index (χ3v) is 4.96. The summed E-state index contributed by atoms with van der Waals surface area (Å²) in [5.74, 6) is 0.359. The molecule has 0 saturated carbocycles. The number of benzene rings is 1. The Bertz CT molecular complexity index is 616. The van der Waals surface area contributed by atoms with Crippen LogP contribution >= 0.6 is 11.6 Å². The lowest BCUT2D eigenvalue weighted by atomic mass is 9.90. The molecular formula is C20H29ClN2O2. The molecule has 1 fully saturated rings. The molecule has 1 aliphatic rings. The molecule has 1 aliphatic heterocycles. The molecule has 0 atom stereocenters. The fourth-order valence-corrected chi connectivity index (χ4v) is 3.48. The number of hydrogen-bond acceptors (Lipinski definition) is 2. The number of halogens is 1. The minimum Gasteiger partial charge on any atom is -0.342 e. The van der Waals surface area contributed by atoms with E-state index < -0.39 is 0 Å². The summed E-state index contributed by atoms with van der Waals surface area (Å²) in [6, 6.07) is 7.65. The molecular weight excluding hydrogens is 336 g/mol. The summed E-state index contributed by atoms with van der Waals surface area (Å²) in [4.78, 5) is 29.0. The topological polar surface area (TPSA) is 40.6 Å². The molecule has 0 radical (unpaired) electrons. The van der Waals surface area contributed by atoms with E-state index in [4.69, 9.17) is 11.6 Å². The minimum absolute atomic E-state index is 0.00292. The van der Waals surface area contributed by atoms with Gasteiger partial charge in [-0.05, 0) is 37.5 Å². The van der Waals surface area contributed by atoms with Crippen molar-refractivity contribution in [3.63, 3.8) is 0 Å². The maximum atomic E-state index is 12.9. The highest BCUT2D eigenvalue weighted by Gasteiger charge is 2.33. The van der Waals surface area contributed by atoms with Crippen LogP contribution in [0.25, 0.3) is 0 Å². The molecule has 0 spiro atoms. The van der Waals surface area contributed by atoms with Crippen molar-refractivity contribution < 1.29 is 9.59 Å². The van der Waals surface area contributed by atoms with Crippen molar-refractivity contribution in [1.29, 1.82) is 0 Å². The molecule has 0 aromatic heterocycles. The van der Waals surface area contributed by atoms with Crippen LogP contribution in [0, 0.1) is 11.3 Å². The van der Waals surface area contributed by atoms with E-state index in [1.54, 1.807) is 0 Å². The number of hydrogen-bond donors (Lipinski definition) is 0. The van der Waals surface area contributed by atoms with Gasteiger partial charge in [-0.25, -0.2) is 0 Å². The molecule has 2 rings (SSSR count). The summed E-state index contributed by atoms with van der Waals surface area (Å²) >= 11 is 6.04. The molecule has 25 heavy (non-hydrogen) atoms. The molecule has 138 valence electrons. The van der Waals surface area contributed by atoms with Crippen LogP contribution in [-0.4, -0.2) is 41.2 Å². The van der Waals surface area contributed by atoms with Crippen molar-refractivity contribution in [2.45, 2.75) is 47.1 Å². The standard InChI is InChI=1S/C20H29ClN2O2/c1-5-22(14-15-7-6-8-17(21)13-15)18(24)16-9-11-23(12-10-16)19(25)20(2,3)4/h6-8,13,16H,5,9-12,14H2,1-4H3. The Labute approximate surface area is 156 Å². The summed E-state index contributed by atoms with van der Waals surface area (Å²) in [7, 11) is 0. The van der Waals surface area contributed by atoms with Crippen molar-refractivity contribution in [2.75, 3.05) is 19.6 Å². The molecule has 1 aromatic carbocycles. The fourth-order valence-electron chi connectivity index (χ4n) is 3.26. The van der Waals surface area contributed by atoms with Gasteiger partial charge in [-0.15, -0.1) is 0 Å². The average molecular weight is 365 g/mol. The fraction of sp³-hybridized carbons (Fsp3) is 0.600. The van der Waals surface area contributed by atoms with Gasteiger partial charge in [0.25, 0.3) is 0 Å². The zero-order valence-corrected chi connectivity index (χ0v) is 16.5. The van der Waals surface area contributed by atoms with E-state index in [0.29, 0.717) is 31.2 Å². The van der Waals surface area contributed by atoms with Crippen LogP contribution < -0.4 is 0 Å². The molecule has 1 heterocycles. The lowest BCUT2D eigenvalue weighted by Gasteiger charge is -2.36. The quantitative estimate of drug-likeness (QED) is 0.810. The summed E-state index contributed by atoms with van der Waals surface area (Å²) in [6.07, 6.45) is 1.49. The Hall–Kier alpha value is -1.55. The number of rotatable bonds is 4. The summed E-state index contributed by atoms with van der Waals surface area (Å²) in [5, 5.41) is 0.690. The van der Waals surface area contributed by atoms with E-state index >= 15 is 0 Å². The second kappa shape index (κ2) is 8.22. The first kappa shape index (κ1) is 19.8. The third kappa shape index (κ3) is 5.21. The van der Waals surface area contributed by atoms with E-state index in [1.165, 1.54) is 0 Å². The predicted molar refractivity (Wildman–Crippen MR) is 101 cm³/mol. The van der Waals surface area contributed by atoms with Crippen molar-refractivity contribution in [1.82, 2.24) is 9.80 Å². The van der Waals surface area contributed by atoms with Gasteiger partial charge < -0.3 is 9.80 Å². The second-order valence-corrected chi connectivity index (χ2v) is 8.24. The summed E-state index contributed by atoms with van der Waals surface area (Å²) in [5.41, 5.74) is 0.682. The van der Waals surface area contributed by atoms with Gasteiger partial charge in [0.2, 0.25) is 11.8 Å². The van der Waals surface area contributed by atoms with Gasteiger partial charge in [0, 0.05) is 42.5 Å². The summed E-state index contributed by atoms with van der Waals surface area (Å²) in [6.45, 7) is 10.4. The maximum Gasteiger partial charge on any atom is 0.227 e. The van der Waals surface area contributed by atoms with Crippen molar-refractivity contribution in [3.8, 4) is 0 Å². The molecule has 1 saturated heterocycles. The van der Waals surface area contributed by atoms with Gasteiger partial charge in [0.1, 0.15) is 0 Å². The van der Waals surface area contributed by atoms with Gasteiger partial charge in [-0.2, -0.15) is 0 Å². The minimum atomic E-state index is -0.362. The van der Waals surface area contributed by atoms with Crippen LogP contribution in [0.1, 0.15) is 46.1 Å². The van der Waals surface area contributed by atoms with Crippen LogP contribution in [-0.2, 0) is 16.1 Å². The first-order valence-electron chi connectivity index (χ1n) is 9.05. The number of amides is 2. The second-order valence-electron chi connectivity index (χ2n) is 7.80. The maximum absolute atomic E-state index is 12.9. The monoisotopic (exact) mass is 364 g/mol. The Balaban J connectivity index is 1.95. The lowest BCUT2D eigenvalue weighted by Crippen LogP contribution is -2.47. The van der Waals surface area contributed by atoms with Gasteiger partial charge in [-0.1, -0.05) is 44.5 Å². The Morgan fingerprint density at radius 2 is 1.88 bits per heavy atom. The predicted octanol–water partition coefficient (Wildman–Crippen LogP) is 3.97. The third-order valence-electron chi connectivity index (χ3n) is 4.73. The van der Waals surface area contributed by atoms with Crippen LogP contribution in [0.4, 0.5) is 0 Å². The molecule has 2 amide bonds. The highest BCUT2D eigenvalue weighted by Crippen LogP contribution is 2.25. The Morgan fingerprint density at radius 1 is 1.24 bits per heavy atom. The van der Waals surface area contributed by atoms with Gasteiger partial charge in [-0.3, -0.25) is 9.59 Å². The van der Waals surface area contributed by atoms with Crippen LogP contribution in [0.2, 0.25) is 5.02 Å². The Morgan fingerprint density at radius 3 is 2.40 bits per heavy atom. The number of carbonyl (C=O) groups is 2. The molecule has 0 bridgehead atoms. The smallest absolute Gasteiger partial charge is 0.227 e. The zero-order valence-electron chi connectivity index (χ0n) is 15.7. The summed E-state index contributed by atoms with van der Waals surface area (Å²) < 4.78 is 0. The van der Waals surface area contributed by atoms with Gasteiger partial charge >= 0.3 is 0 Å². The SMILES string of the molecule is CCN(Cc1cccc(Cl)c1)C(=O)C1CCN(C(=O)C(C)(C)C)CC1. The zero-order chi connectivity index (χ0) is 18.6. The highest BCUT2D eigenvalue weighted by atomic mass is 35.5. The molecule has 0 unspecified atom stereocenters. The van der Waals surface area contributed by atoms with Gasteiger partial charge in [0.05, 0.1) is 0 Å². The van der Waals surface area contributed by atoms with Crippen molar-refractivity contribution in [3.05, 3.63) is 34.9 Å². The lowest BCUT2D eigenvalue weighted by molar-refractivity contribution is -0.145. The van der Waals surface area contributed by atoms with E-state index in [1.807, 2.05) is 61.8 Å². The first-order valence-corrected chi connectivity index (χ1v) is 9.42. The molecule has 0 N–H and O–H groups in total. The first-order chi connectivity index (χ1) is 11.7. The normalized spacial score (nSPS) is 16.0. The van der Waals surface area contributed by atoms with Crippen molar-refractivity contribution >= 4 is 23.4 Å². The van der Waals surface area contributed by atoms with Crippen molar-refractivity contribution in [2.24, 2.45) is 11.3 Å². The molecule has 4 nitrogen and oxygen atoms in total. The van der Waals surface area contributed by atoms with E-state index in [2.05, 4.69) is 0 Å². The number of piperidine rings is 1. The van der Waals surface area contributed by atoms with Crippen LogP contribution in [0.15, 0.2) is 24.3 Å². The van der Waals surface area contributed by atoms with E-state index in [-0.39, 0.29) is 23.1 Å². The van der Waals surface area contributed by atoms with E-state index in [9.17, 15) is 9.59 Å². The van der Waals surface area contributed by atoms with Gasteiger partial charge in [0.15, 0.2) is 0 Å². The number of nitrogens with zero attached hydrogens (tertiary/aromatic N) is 2. The molecule has 1 aromatic rings. The van der Waals surface area contributed by atoms with E-state index in [0.717, 1.165) is 18.4 Å². The van der Waals surface area contributed by atoms with Crippen LogP contribution in [0.5, 0.6) is 0 Å². The average Bonchev–Trinajstić information content (AvgIpc) is 2.58.